The molecule has 360 valence electrons. The van der Waals surface area contributed by atoms with Crippen LogP contribution in [0.2, 0.25) is 0 Å². The number of para-hydroxylation sites is 6. The van der Waals surface area contributed by atoms with Crippen LogP contribution in [0.1, 0.15) is 44.5 Å². The molecule has 2 heterocycles. The first kappa shape index (κ1) is 43.4. The second-order valence-corrected chi connectivity index (χ2v) is 20.6. The van der Waals surface area contributed by atoms with Crippen LogP contribution in [0.3, 0.4) is 0 Å². The van der Waals surface area contributed by atoms with Gasteiger partial charge in [0.25, 0.3) is 0 Å². The molecule has 12 aromatic rings. The van der Waals surface area contributed by atoms with E-state index in [4.69, 9.17) is 9.47 Å². The molecule has 12 aromatic carbocycles. The van der Waals surface area contributed by atoms with Crippen LogP contribution in [0.15, 0.2) is 285 Å². The minimum atomic E-state index is -0.599. The second kappa shape index (κ2) is 16.8. The van der Waals surface area contributed by atoms with Crippen LogP contribution >= 0.6 is 0 Å². The van der Waals surface area contributed by atoms with E-state index in [0.717, 1.165) is 90.1 Å². The Kier molecular flexibility index (Phi) is 9.47. The molecular formula is C74H47NO2. The zero-order valence-electron chi connectivity index (χ0n) is 41.9. The Labute approximate surface area is 448 Å². The summed E-state index contributed by atoms with van der Waals surface area (Å²) in [4.78, 5) is 2.48. The number of fused-ring (bicyclic) bond motifs is 18. The lowest BCUT2D eigenvalue weighted by atomic mass is 9.66. The van der Waals surface area contributed by atoms with Crippen molar-refractivity contribution < 1.29 is 9.47 Å². The van der Waals surface area contributed by atoms with E-state index in [0.29, 0.717) is 0 Å². The van der Waals surface area contributed by atoms with Gasteiger partial charge in [-0.05, 0) is 127 Å². The summed E-state index contributed by atoms with van der Waals surface area (Å²) in [6, 6.07) is 104. The van der Waals surface area contributed by atoms with E-state index in [1.54, 1.807) is 0 Å². The van der Waals surface area contributed by atoms with Crippen molar-refractivity contribution in [1.82, 2.24) is 0 Å². The largest absolute Gasteiger partial charge is 0.457 e. The van der Waals surface area contributed by atoms with E-state index in [1.165, 1.54) is 50.1 Å². The SMILES string of the molecule is c1ccc(-c2ccc(N(c3ccccc3-c3ccc4c(c3)C3(c5ccccc5Oc5ccccc53)c3ccccc3-4)c3ccccc3-c3ccc4c(c3)C3(c5ccccc5Oc5ccccc53)c3ccccc3-4)cc2)cc1. The molecule has 2 aliphatic carbocycles. The Bertz CT molecular complexity index is 4030. The number of anilines is 3. The molecule has 3 heteroatoms. The van der Waals surface area contributed by atoms with Crippen molar-refractivity contribution in [2.24, 2.45) is 0 Å². The first-order valence-electron chi connectivity index (χ1n) is 26.6. The van der Waals surface area contributed by atoms with Gasteiger partial charge in [0.15, 0.2) is 0 Å². The van der Waals surface area contributed by atoms with E-state index < -0.39 is 10.8 Å². The molecular weight excluding hydrogens is 935 g/mol. The van der Waals surface area contributed by atoms with Crippen LogP contribution in [0.5, 0.6) is 23.0 Å². The minimum absolute atomic E-state index is 0.599. The van der Waals surface area contributed by atoms with Gasteiger partial charge < -0.3 is 14.4 Å². The van der Waals surface area contributed by atoms with Gasteiger partial charge in [-0.1, -0.05) is 224 Å². The highest BCUT2D eigenvalue weighted by Gasteiger charge is 2.52. The molecule has 0 bridgehead atoms. The van der Waals surface area contributed by atoms with Gasteiger partial charge in [0, 0.05) is 39.1 Å². The molecule has 0 saturated heterocycles. The van der Waals surface area contributed by atoms with Gasteiger partial charge in [0.1, 0.15) is 23.0 Å². The van der Waals surface area contributed by atoms with Crippen molar-refractivity contribution in [3.05, 3.63) is 330 Å². The highest BCUT2D eigenvalue weighted by atomic mass is 16.5. The fraction of sp³-hybridized carbons (Fsp3) is 0.0270. The smallest absolute Gasteiger partial charge is 0.132 e. The summed E-state index contributed by atoms with van der Waals surface area (Å²) < 4.78 is 13.5. The number of ether oxygens (including phenoxy) is 2. The predicted octanol–water partition coefficient (Wildman–Crippen LogP) is 19.1. The summed E-state index contributed by atoms with van der Waals surface area (Å²) in [5.74, 6) is 3.53. The molecule has 0 N–H and O–H groups in total. The number of nitrogens with zero attached hydrogens (tertiary/aromatic N) is 1. The first-order chi connectivity index (χ1) is 38.2. The monoisotopic (exact) mass is 981 g/mol. The van der Waals surface area contributed by atoms with Crippen LogP contribution < -0.4 is 14.4 Å². The number of hydrogen-bond acceptors (Lipinski definition) is 3. The molecule has 0 atom stereocenters. The molecule has 16 rings (SSSR count). The molecule has 2 spiro atoms. The summed E-state index contributed by atoms with van der Waals surface area (Å²) in [5, 5.41) is 0. The Morgan fingerprint density at radius 3 is 0.961 bits per heavy atom. The normalized spacial score (nSPS) is 13.9. The van der Waals surface area contributed by atoms with E-state index in [-0.39, 0.29) is 0 Å². The summed E-state index contributed by atoms with van der Waals surface area (Å²) in [6.45, 7) is 0. The van der Waals surface area contributed by atoms with E-state index in [1.807, 2.05) is 0 Å². The minimum Gasteiger partial charge on any atom is -0.457 e. The molecule has 3 nitrogen and oxygen atoms in total. The number of hydrogen-bond donors (Lipinski definition) is 0. The van der Waals surface area contributed by atoms with Gasteiger partial charge in [-0.3, -0.25) is 0 Å². The van der Waals surface area contributed by atoms with Crippen LogP contribution in [-0.2, 0) is 10.8 Å². The molecule has 0 unspecified atom stereocenters. The quantitative estimate of drug-likeness (QED) is 0.166. The summed E-state index contributed by atoms with van der Waals surface area (Å²) >= 11 is 0. The predicted molar refractivity (Wildman–Crippen MR) is 312 cm³/mol. The van der Waals surface area contributed by atoms with Crippen LogP contribution in [-0.4, -0.2) is 0 Å². The van der Waals surface area contributed by atoms with Crippen LogP contribution in [0, 0.1) is 0 Å². The standard InChI is InChI=1S/C74H47NO2/c1-2-20-48(21-3-1)49-38-42-52(43-39-49)75(67-32-14-6-22-53(67)50-40-44-57-55-24-4-8-26-59(55)73(65(57)46-50)61-28-10-16-34-69(61)76-70-35-17-11-29-62(70)73)68-33-15-7-23-54(68)51-41-45-58-56-25-5-9-27-60(56)74(66(58)47-51)63-30-12-18-36-71(63)77-72-37-19-13-31-64(72)74/h1-47H. The zero-order chi connectivity index (χ0) is 50.7. The summed E-state index contributed by atoms with van der Waals surface area (Å²) in [6.07, 6.45) is 0. The molecule has 0 saturated carbocycles. The van der Waals surface area contributed by atoms with Crippen molar-refractivity contribution >= 4 is 17.1 Å². The average molecular weight is 982 g/mol. The summed E-state index contributed by atoms with van der Waals surface area (Å²) in [5.41, 5.74) is 23.4. The molecule has 0 fully saturated rings. The third kappa shape index (κ3) is 6.14. The lowest BCUT2D eigenvalue weighted by Crippen LogP contribution is -2.32. The van der Waals surface area contributed by atoms with Gasteiger partial charge in [0.05, 0.1) is 22.2 Å². The maximum Gasteiger partial charge on any atom is 0.132 e. The topological polar surface area (TPSA) is 21.7 Å². The van der Waals surface area contributed by atoms with Crippen molar-refractivity contribution in [3.63, 3.8) is 0 Å². The first-order valence-corrected chi connectivity index (χ1v) is 26.6. The molecule has 77 heavy (non-hydrogen) atoms. The van der Waals surface area contributed by atoms with Crippen molar-refractivity contribution in [1.29, 1.82) is 0 Å². The molecule has 4 aliphatic rings. The molecule has 0 amide bonds. The average Bonchev–Trinajstić information content (AvgIpc) is 3.53. The molecule has 0 aromatic heterocycles. The van der Waals surface area contributed by atoms with E-state index >= 15 is 0 Å². The van der Waals surface area contributed by atoms with Crippen molar-refractivity contribution in [2.45, 2.75) is 10.8 Å². The maximum atomic E-state index is 6.73. The van der Waals surface area contributed by atoms with Crippen molar-refractivity contribution in [2.75, 3.05) is 4.90 Å². The number of rotatable bonds is 6. The third-order valence-electron chi connectivity index (χ3n) is 16.8. The van der Waals surface area contributed by atoms with E-state index in [9.17, 15) is 0 Å². The number of benzene rings is 12. The Morgan fingerprint density at radius 1 is 0.221 bits per heavy atom. The van der Waals surface area contributed by atoms with Crippen LogP contribution in [0.25, 0.3) is 55.6 Å². The maximum absolute atomic E-state index is 6.73. The Hall–Kier alpha value is -9.96. The highest BCUT2D eigenvalue weighted by molar-refractivity contribution is 5.98. The van der Waals surface area contributed by atoms with Gasteiger partial charge in [-0.2, -0.15) is 0 Å². The van der Waals surface area contributed by atoms with Gasteiger partial charge >= 0.3 is 0 Å². The Morgan fingerprint density at radius 2 is 0.532 bits per heavy atom. The fourth-order valence-electron chi connectivity index (χ4n) is 13.7. The molecule has 2 aliphatic heterocycles. The lowest BCUT2D eigenvalue weighted by molar-refractivity contribution is 0.436. The third-order valence-corrected chi connectivity index (χ3v) is 16.8. The van der Waals surface area contributed by atoms with Gasteiger partial charge in [-0.15, -0.1) is 0 Å². The molecule has 0 radical (unpaired) electrons. The van der Waals surface area contributed by atoms with Crippen LogP contribution in [0.4, 0.5) is 17.1 Å². The Balaban J connectivity index is 0.916. The van der Waals surface area contributed by atoms with E-state index in [2.05, 4.69) is 290 Å². The lowest BCUT2D eigenvalue weighted by Gasteiger charge is -2.39. The van der Waals surface area contributed by atoms with Crippen molar-refractivity contribution in [3.8, 4) is 78.6 Å². The second-order valence-electron chi connectivity index (χ2n) is 20.6. The fourth-order valence-corrected chi connectivity index (χ4v) is 13.7. The zero-order valence-corrected chi connectivity index (χ0v) is 41.9. The highest BCUT2D eigenvalue weighted by Crippen LogP contribution is 2.64. The van der Waals surface area contributed by atoms with Gasteiger partial charge in [-0.25, -0.2) is 0 Å². The summed E-state index contributed by atoms with van der Waals surface area (Å²) in [7, 11) is 0. The van der Waals surface area contributed by atoms with Gasteiger partial charge in [0.2, 0.25) is 0 Å².